The zero-order valence-electron chi connectivity index (χ0n) is 22.2. The number of ether oxygens (including phenoxy) is 4. The summed E-state index contributed by atoms with van der Waals surface area (Å²) >= 11 is 0. The van der Waals surface area contributed by atoms with E-state index < -0.39 is 24.4 Å². The monoisotopic (exact) mass is 555 g/mol. The van der Waals surface area contributed by atoms with Crippen LogP contribution in [0.15, 0.2) is 35.6 Å². The molecule has 3 rings (SSSR count). The number of carbonyl (C=O) groups excluding carboxylic acids is 1. The molecule has 0 saturated carbocycles. The fraction of sp³-hybridized carbons (Fsp3) is 0.462. The van der Waals surface area contributed by atoms with Crippen molar-refractivity contribution in [2.75, 3.05) is 45.0 Å². The summed E-state index contributed by atoms with van der Waals surface area (Å²) in [6.45, 7) is 7.14. The Labute approximate surface area is 231 Å². The van der Waals surface area contributed by atoms with Gasteiger partial charge in [0.1, 0.15) is 43.0 Å². The molecule has 0 amide bonds. The quantitative estimate of drug-likeness (QED) is 0.125. The molecule has 0 radical (unpaired) electrons. The number of nitrogens with two attached hydrogens (primary N) is 1. The molecular weight excluding hydrogens is 522 g/mol. The molecule has 40 heavy (non-hydrogen) atoms. The normalized spacial score (nSPS) is 15.1. The zero-order chi connectivity index (χ0) is 28.9. The van der Waals surface area contributed by atoms with Gasteiger partial charge >= 0.3 is 11.9 Å². The van der Waals surface area contributed by atoms with Gasteiger partial charge < -0.3 is 35.1 Å². The second-order valence-electron chi connectivity index (χ2n) is 8.70. The predicted molar refractivity (Wildman–Crippen MR) is 146 cm³/mol. The number of carbonyl (C=O) groups is 2. The summed E-state index contributed by atoms with van der Waals surface area (Å²) in [6.07, 6.45) is 5.87. The fourth-order valence-corrected chi connectivity index (χ4v) is 3.68. The Morgan fingerprint density at radius 3 is 2.83 bits per heavy atom. The Bertz CT molecular complexity index is 1290. The molecule has 1 fully saturated rings. The van der Waals surface area contributed by atoms with Crippen LogP contribution in [0.5, 0.6) is 5.75 Å². The molecule has 2 aromatic heterocycles. The van der Waals surface area contributed by atoms with Crippen LogP contribution in [0, 0.1) is 11.3 Å². The number of anilines is 1. The first-order valence-electron chi connectivity index (χ1n) is 12.7. The van der Waals surface area contributed by atoms with Crippen molar-refractivity contribution in [1.29, 1.82) is 5.26 Å². The number of carboxylic acid groups (broad SMARTS) is 1. The summed E-state index contributed by atoms with van der Waals surface area (Å²) in [5, 5.41) is 21.1. The lowest BCUT2D eigenvalue weighted by Gasteiger charge is -2.24. The van der Waals surface area contributed by atoms with Crippen LogP contribution in [0.2, 0.25) is 0 Å². The number of imidazole rings is 1. The van der Waals surface area contributed by atoms with E-state index in [-0.39, 0.29) is 38.0 Å². The standard InChI is InChI=1S/C26H33N7O7/c1-3-22(29-15-17(2)14-27)33-16-30-20-13-21(24(32-25(20)33)31-18-4-6-37-7-5-18)39-10-8-38-9-11-40-26(36)19(28)12-23(34)35/h3,13,15-16,18-19H,2,4-12,28H2,1H3,(H,31,32)(H,34,35)/b22-3+,29-15-/t19-/m0/s1. The summed E-state index contributed by atoms with van der Waals surface area (Å²) in [5.41, 5.74) is 6.80. The minimum atomic E-state index is -1.22. The number of aliphatic carboxylic acids is 1. The van der Waals surface area contributed by atoms with Crippen LogP contribution >= 0.6 is 0 Å². The molecule has 1 saturated heterocycles. The minimum Gasteiger partial charge on any atom is -0.487 e. The van der Waals surface area contributed by atoms with Gasteiger partial charge in [-0.05, 0) is 25.8 Å². The number of esters is 1. The maximum atomic E-state index is 11.7. The van der Waals surface area contributed by atoms with Crippen molar-refractivity contribution in [3.05, 3.63) is 30.6 Å². The van der Waals surface area contributed by atoms with Crippen LogP contribution in [-0.2, 0) is 23.8 Å². The van der Waals surface area contributed by atoms with Crippen LogP contribution in [0.4, 0.5) is 5.82 Å². The second kappa shape index (κ2) is 15.3. The van der Waals surface area contributed by atoms with Gasteiger partial charge in [-0.3, -0.25) is 14.2 Å². The highest BCUT2D eigenvalue weighted by Crippen LogP contribution is 2.30. The smallest absolute Gasteiger partial charge is 0.323 e. The van der Waals surface area contributed by atoms with Gasteiger partial charge in [-0.25, -0.2) is 15.0 Å². The highest BCUT2D eigenvalue weighted by atomic mass is 16.6. The number of nitrogens with one attached hydrogen (secondary N) is 1. The van der Waals surface area contributed by atoms with Crippen LogP contribution in [0.3, 0.4) is 0 Å². The number of nitriles is 1. The predicted octanol–water partition coefficient (Wildman–Crippen LogP) is 1.73. The van der Waals surface area contributed by atoms with E-state index in [1.165, 1.54) is 6.21 Å². The van der Waals surface area contributed by atoms with Gasteiger partial charge in [0.05, 0.1) is 25.2 Å². The van der Waals surface area contributed by atoms with Gasteiger partial charge in [0.15, 0.2) is 17.2 Å². The molecular formula is C26H33N7O7. The van der Waals surface area contributed by atoms with Crippen LogP contribution in [-0.4, -0.2) is 89.5 Å². The largest absolute Gasteiger partial charge is 0.487 e. The third-order valence-corrected chi connectivity index (χ3v) is 5.71. The third kappa shape index (κ3) is 8.87. The van der Waals surface area contributed by atoms with Gasteiger partial charge in [0.2, 0.25) is 0 Å². The molecule has 0 aromatic carbocycles. The topological polar surface area (TPSA) is 196 Å². The van der Waals surface area contributed by atoms with Gasteiger partial charge in [-0.15, -0.1) is 0 Å². The fourth-order valence-electron chi connectivity index (χ4n) is 3.68. The number of hydrogen-bond donors (Lipinski definition) is 3. The van der Waals surface area contributed by atoms with Crippen molar-refractivity contribution >= 4 is 41.0 Å². The first kappa shape index (κ1) is 30.2. The van der Waals surface area contributed by atoms with E-state index in [2.05, 4.69) is 21.9 Å². The molecule has 0 unspecified atom stereocenters. The molecule has 214 valence electrons. The zero-order valence-corrected chi connectivity index (χ0v) is 22.2. The summed E-state index contributed by atoms with van der Waals surface area (Å²) in [4.78, 5) is 35.9. The lowest BCUT2D eigenvalue weighted by atomic mass is 10.1. The maximum absolute atomic E-state index is 11.7. The minimum absolute atomic E-state index is 0.0644. The second-order valence-corrected chi connectivity index (χ2v) is 8.70. The number of carboxylic acids is 1. The maximum Gasteiger partial charge on any atom is 0.323 e. The van der Waals surface area contributed by atoms with Crippen molar-refractivity contribution in [1.82, 2.24) is 14.5 Å². The molecule has 1 atom stereocenters. The van der Waals surface area contributed by atoms with E-state index in [4.69, 9.17) is 40.0 Å². The molecule has 0 spiro atoms. The Kier molecular flexibility index (Phi) is 11.6. The molecule has 14 heteroatoms. The number of pyridine rings is 1. The number of aliphatic imine (C=N–C) groups is 1. The average molecular weight is 556 g/mol. The van der Waals surface area contributed by atoms with E-state index in [0.717, 1.165) is 12.8 Å². The van der Waals surface area contributed by atoms with Crippen LogP contribution in [0.25, 0.3) is 17.0 Å². The first-order chi connectivity index (χ1) is 19.3. The first-order valence-corrected chi connectivity index (χ1v) is 12.7. The van der Waals surface area contributed by atoms with Gasteiger partial charge in [-0.2, -0.15) is 5.26 Å². The lowest BCUT2D eigenvalue weighted by molar-refractivity contribution is -0.150. The summed E-state index contributed by atoms with van der Waals surface area (Å²) in [7, 11) is 0. The van der Waals surface area contributed by atoms with Crippen LogP contribution in [0.1, 0.15) is 26.2 Å². The van der Waals surface area contributed by atoms with Gasteiger partial charge in [0, 0.05) is 31.5 Å². The molecule has 3 heterocycles. The Morgan fingerprint density at radius 2 is 2.12 bits per heavy atom. The van der Waals surface area contributed by atoms with Crippen molar-refractivity contribution in [3.8, 4) is 11.8 Å². The number of rotatable bonds is 15. The number of aromatic nitrogens is 3. The van der Waals surface area contributed by atoms with Gasteiger partial charge in [-0.1, -0.05) is 6.58 Å². The molecule has 0 bridgehead atoms. The van der Waals surface area contributed by atoms with E-state index in [1.807, 2.05) is 13.0 Å². The number of fused-ring (bicyclic) bond motifs is 1. The van der Waals surface area contributed by atoms with E-state index in [0.29, 0.717) is 41.8 Å². The SMILES string of the molecule is C=C(C#N)/C=N\C(=C/C)n1cnc2cc(OCCOCCOC(=O)[C@@H](N)CC(=O)O)c(NC3CCOCC3)nc21. The molecule has 2 aromatic rings. The van der Waals surface area contributed by atoms with E-state index >= 15 is 0 Å². The van der Waals surface area contributed by atoms with E-state index in [1.54, 1.807) is 23.0 Å². The third-order valence-electron chi connectivity index (χ3n) is 5.71. The summed E-state index contributed by atoms with van der Waals surface area (Å²) in [6, 6.07) is 2.64. The van der Waals surface area contributed by atoms with E-state index in [9.17, 15) is 9.59 Å². The molecule has 0 aliphatic carbocycles. The van der Waals surface area contributed by atoms with Crippen molar-refractivity contribution in [3.63, 3.8) is 0 Å². The molecule has 14 nitrogen and oxygen atoms in total. The number of allylic oxidation sites excluding steroid dienone is 2. The summed E-state index contributed by atoms with van der Waals surface area (Å²) < 4.78 is 23.5. The Morgan fingerprint density at radius 1 is 1.38 bits per heavy atom. The number of nitrogens with zero attached hydrogens (tertiary/aromatic N) is 5. The van der Waals surface area contributed by atoms with Crippen molar-refractivity contribution < 1.29 is 33.6 Å². The Hall–Kier alpha value is -4.32. The Balaban J connectivity index is 1.65. The highest BCUT2D eigenvalue weighted by Gasteiger charge is 2.20. The van der Waals surface area contributed by atoms with Crippen molar-refractivity contribution in [2.24, 2.45) is 10.7 Å². The molecule has 4 N–H and O–H groups in total. The van der Waals surface area contributed by atoms with Crippen molar-refractivity contribution in [2.45, 2.75) is 38.3 Å². The highest BCUT2D eigenvalue weighted by molar-refractivity contribution is 5.87. The van der Waals surface area contributed by atoms with Gasteiger partial charge in [0.25, 0.3) is 0 Å². The lowest BCUT2D eigenvalue weighted by Crippen LogP contribution is -2.35. The molecule has 1 aliphatic rings. The number of hydrogen-bond acceptors (Lipinski definition) is 12. The summed E-state index contributed by atoms with van der Waals surface area (Å²) in [5.74, 6) is -0.437. The molecule has 1 aliphatic heterocycles. The van der Waals surface area contributed by atoms with Crippen LogP contribution < -0.4 is 15.8 Å². The average Bonchev–Trinajstić information content (AvgIpc) is 3.35.